The number of nitrogens with one attached hydrogen (secondary N) is 1. The maximum absolute atomic E-state index is 12.0. The third-order valence-electron chi connectivity index (χ3n) is 2.06. The number of rotatable bonds is 6. The Morgan fingerprint density at radius 1 is 1.50 bits per heavy atom. The van der Waals surface area contributed by atoms with Crippen LogP contribution in [0.5, 0.6) is 0 Å². The van der Waals surface area contributed by atoms with Crippen LogP contribution in [-0.2, 0) is 14.8 Å². The summed E-state index contributed by atoms with van der Waals surface area (Å²) < 4.78 is 31.8. The third kappa shape index (κ3) is 4.10. The first-order valence-corrected chi connectivity index (χ1v) is 7.86. The molecule has 1 aromatic carbocycles. The van der Waals surface area contributed by atoms with Crippen molar-refractivity contribution < 1.29 is 13.2 Å². The van der Waals surface area contributed by atoms with E-state index in [2.05, 4.69) is 20.7 Å². The minimum atomic E-state index is -3.66. The minimum absolute atomic E-state index is 0.0176. The molecular weight excluding hydrogens is 344 g/mol. The summed E-state index contributed by atoms with van der Waals surface area (Å²) in [6, 6.07) is 2.82. The van der Waals surface area contributed by atoms with Crippen LogP contribution < -0.4 is 10.5 Å². The summed E-state index contributed by atoms with van der Waals surface area (Å²) in [5, 5.41) is 0.265. The molecule has 1 aromatic rings. The van der Waals surface area contributed by atoms with Crippen LogP contribution in [0.25, 0.3) is 0 Å². The average Bonchev–Trinajstić information content (AvgIpc) is 2.29. The summed E-state index contributed by atoms with van der Waals surface area (Å²) in [5.41, 5.74) is 5.92. The van der Waals surface area contributed by atoms with Crippen molar-refractivity contribution in [2.24, 2.45) is 0 Å². The third-order valence-corrected chi connectivity index (χ3v) is 4.92. The lowest BCUT2D eigenvalue weighted by Gasteiger charge is -2.10. The second-order valence-corrected chi connectivity index (χ2v) is 6.37. The van der Waals surface area contributed by atoms with Gasteiger partial charge in [-0.05, 0) is 35.0 Å². The largest absolute Gasteiger partial charge is 0.398 e. The summed E-state index contributed by atoms with van der Waals surface area (Å²) in [6.07, 6.45) is 0. The van der Waals surface area contributed by atoms with Crippen molar-refractivity contribution in [1.82, 2.24) is 4.72 Å². The molecule has 0 spiro atoms. The highest BCUT2D eigenvalue weighted by molar-refractivity contribution is 9.10. The molecule has 5 nitrogen and oxygen atoms in total. The smallest absolute Gasteiger partial charge is 0.241 e. The molecule has 0 aromatic heterocycles. The lowest BCUT2D eigenvalue weighted by molar-refractivity contribution is 0.153. The fourth-order valence-electron chi connectivity index (χ4n) is 1.25. The summed E-state index contributed by atoms with van der Waals surface area (Å²) in [4.78, 5) is 0.0176. The van der Waals surface area contributed by atoms with Gasteiger partial charge in [0.05, 0.1) is 16.0 Å². The predicted octanol–water partition coefficient (Wildman–Crippen LogP) is 2.00. The van der Waals surface area contributed by atoms with Crippen LogP contribution in [0.2, 0.25) is 5.02 Å². The molecule has 0 aliphatic heterocycles. The van der Waals surface area contributed by atoms with E-state index in [-0.39, 0.29) is 22.2 Å². The van der Waals surface area contributed by atoms with Gasteiger partial charge in [-0.1, -0.05) is 11.6 Å². The number of sulfonamides is 1. The zero-order valence-electron chi connectivity index (χ0n) is 9.74. The lowest BCUT2D eigenvalue weighted by atomic mass is 10.3. The Balaban J connectivity index is 2.91. The number of anilines is 1. The van der Waals surface area contributed by atoms with E-state index in [1.807, 2.05) is 6.92 Å². The van der Waals surface area contributed by atoms with Gasteiger partial charge in [0.2, 0.25) is 10.0 Å². The van der Waals surface area contributed by atoms with E-state index >= 15 is 0 Å². The lowest BCUT2D eigenvalue weighted by Crippen LogP contribution is -2.28. The van der Waals surface area contributed by atoms with Crippen molar-refractivity contribution in [2.45, 2.75) is 11.8 Å². The van der Waals surface area contributed by atoms with Crippen molar-refractivity contribution in [2.75, 3.05) is 25.5 Å². The van der Waals surface area contributed by atoms with Crippen molar-refractivity contribution in [3.8, 4) is 0 Å². The van der Waals surface area contributed by atoms with E-state index < -0.39 is 10.0 Å². The van der Waals surface area contributed by atoms with Gasteiger partial charge in [-0.3, -0.25) is 0 Å². The van der Waals surface area contributed by atoms with Gasteiger partial charge >= 0.3 is 0 Å². The Morgan fingerprint density at radius 2 is 2.17 bits per heavy atom. The molecule has 1 rings (SSSR count). The van der Waals surface area contributed by atoms with Crippen LogP contribution >= 0.6 is 27.5 Å². The van der Waals surface area contributed by atoms with Gasteiger partial charge in [-0.2, -0.15) is 0 Å². The van der Waals surface area contributed by atoms with Crippen molar-refractivity contribution in [3.05, 3.63) is 21.6 Å². The fourth-order valence-corrected chi connectivity index (χ4v) is 3.55. The first kappa shape index (κ1) is 15.7. The Hall–Kier alpha value is -0.340. The Labute approximate surface area is 120 Å². The van der Waals surface area contributed by atoms with Gasteiger partial charge in [0.1, 0.15) is 0 Å². The predicted molar refractivity (Wildman–Crippen MR) is 75.2 cm³/mol. The standard InChI is InChI=1S/C10H14BrClN2O3S/c1-2-17-4-3-14-18(15,16)9-6-7(12)5-8(13)10(9)11/h5-6,14H,2-4,13H2,1H3. The molecule has 102 valence electrons. The second kappa shape index (κ2) is 6.72. The van der Waals surface area contributed by atoms with Crippen LogP contribution in [0.15, 0.2) is 21.5 Å². The molecule has 18 heavy (non-hydrogen) atoms. The molecule has 0 amide bonds. The van der Waals surface area contributed by atoms with Gasteiger partial charge in [-0.15, -0.1) is 0 Å². The molecular formula is C10H14BrClN2O3S. The number of halogens is 2. The van der Waals surface area contributed by atoms with Crippen molar-refractivity contribution in [3.63, 3.8) is 0 Å². The maximum atomic E-state index is 12.0. The number of hydrogen-bond acceptors (Lipinski definition) is 4. The molecule has 0 heterocycles. The van der Waals surface area contributed by atoms with Crippen LogP contribution in [-0.4, -0.2) is 28.2 Å². The van der Waals surface area contributed by atoms with Crippen LogP contribution in [0.4, 0.5) is 5.69 Å². The second-order valence-electron chi connectivity index (χ2n) is 3.40. The molecule has 0 unspecified atom stereocenters. The molecule has 0 saturated heterocycles. The summed E-state index contributed by atoms with van der Waals surface area (Å²) in [5.74, 6) is 0. The number of ether oxygens (including phenoxy) is 1. The first-order valence-electron chi connectivity index (χ1n) is 5.20. The highest BCUT2D eigenvalue weighted by Gasteiger charge is 2.19. The summed E-state index contributed by atoms with van der Waals surface area (Å²) in [6.45, 7) is 2.87. The highest BCUT2D eigenvalue weighted by atomic mass is 79.9. The quantitative estimate of drug-likeness (QED) is 0.603. The first-order chi connectivity index (χ1) is 8.38. The molecule has 0 fully saturated rings. The zero-order chi connectivity index (χ0) is 13.8. The number of hydrogen-bond donors (Lipinski definition) is 2. The highest BCUT2D eigenvalue weighted by Crippen LogP contribution is 2.31. The Bertz CT molecular complexity index is 522. The monoisotopic (exact) mass is 356 g/mol. The average molecular weight is 358 g/mol. The Kier molecular flexibility index (Phi) is 5.87. The van der Waals surface area contributed by atoms with Gasteiger partial charge < -0.3 is 10.5 Å². The van der Waals surface area contributed by atoms with Gasteiger partial charge in [0, 0.05) is 23.9 Å². The molecule has 0 aliphatic carbocycles. The van der Waals surface area contributed by atoms with Crippen LogP contribution in [0.1, 0.15) is 6.92 Å². The molecule has 3 N–H and O–H groups in total. The fraction of sp³-hybridized carbons (Fsp3) is 0.400. The number of benzene rings is 1. The molecule has 0 atom stereocenters. The van der Waals surface area contributed by atoms with E-state index in [0.717, 1.165) is 0 Å². The van der Waals surface area contributed by atoms with Crippen LogP contribution in [0.3, 0.4) is 0 Å². The molecule has 0 saturated carbocycles. The molecule has 8 heteroatoms. The summed E-state index contributed by atoms with van der Waals surface area (Å²) in [7, 11) is -3.66. The van der Waals surface area contributed by atoms with Crippen molar-refractivity contribution >= 4 is 43.2 Å². The van der Waals surface area contributed by atoms with E-state index in [4.69, 9.17) is 22.1 Å². The van der Waals surface area contributed by atoms with Crippen LogP contribution in [0, 0.1) is 0 Å². The van der Waals surface area contributed by atoms with E-state index in [9.17, 15) is 8.42 Å². The normalized spacial score (nSPS) is 11.7. The van der Waals surface area contributed by atoms with E-state index in [0.29, 0.717) is 17.7 Å². The number of nitrogen functional groups attached to an aromatic ring is 1. The van der Waals surface area contributed by atoms with Crippen molar-refractivity contribution in [1.29, 1.82) is 0 Å². The van der Waals surface area contributed by atoms with Gasteiger partial charge in [-0.25, -0.2) is 13.1 Å². The van der Waals surface area contributed by atoms with Gasteiger partial charge in [0.25, 0.3) is 0 Å². The van der Waals surface area contributed by atoms with E-state index in [1.165, 1.54) is 12.1 Å². The SMILES string of the molecule is CCOCCNS(=O)(=O)c1cc(Cl)cc(N)c1Br. The van der Waals surface area contributed by atoms with E-state index in [1.54, 1.807) is 0 Å². The topological polar surface area (TPSA) is 81.4 Å². The number of nitrogens with two attached hydrogens (primary N) is 1. The molecule has 0 aliphatic rings. The molecule has 0 radical (unpaired) electrons. The summed E-state index contributed by atoms with van der Waals surface area (Å²) >= 11 is 8.93. The maximum Gasteiger partial charge on any atom is 0.241 e. The Morgan fingerprint density at radius 3 is 2.78 bits per heavy atom. The minimum Gasteiger partial charge on any atom is -0.398 e. The zero-order valence-corrected chi connectivity index (χ0v) is 12.9. The van der Waals surface area contributed by atoms with Gasteiger partial charge in [0.15, 0.2) is 0 Å². The molecule has 0 bridgehead atoms.